The normalized spacial score (nSPS) is 15.2. The van der Waals surface area contributed by atoms with E-state index in [4.69, 9.17) is 16.3 Å². The zero-order valence-electron chi connectivity index (χ0n) is 23.3. The van der Waals surface area contributed by atoms with Gasteiger partial charge in [0.25, 0.3) is 0 Å². The number of nitrogens with one attached hydrogen (secondary N) is 3. The lowest BCUT2D eigenvalue weighted by atomic mass is 9.96. The molecule has 41 heavy (non-hydrogen) atoms. The maximum absolute atomic E-state index is 14.2. The Morgan fingerprint density at radius 2 is 2.05 bits per heavy atom. The highest BCUT2D eigenvalue weighted by molar-refractivity contribution is 6.31. The fourth-order valence-corrected chi connectivity index (χ4v) is 4.79. The molecule has 0 radical (unpaired) electrons. The first-order valence-electron chi connectivity index (χ1n) is 12.9. The average molecular weight is 582 g/mol. The smallest absolute Gasteiger partial charge is 0.247 e. The third-order valence-electron chi connectivity index (χ3n) is 6.57. The van der Waals surface area contributed by atoms with Crippen LogP contribution in [0.1, 0.15) is 25.8 Å². The van der Waals surface area contributed by atoms with Crippen molar-refractivity contribution in [3.8, 4) is 5.75 Å². The monoisotopic (exact) mass is 581 g/mol. The molecule has 1 unspecified atom stereocenters. The van der Waals surface area contributed by atoms with Crippen molar-refractivity contribution in [2.45, 2.75) is 25.9 Å². The number of halogens is 2. The molecule has 2 heterocycles. The van der Waals surface area contributed by atoms with Crippen molar-refractivity contribution >= 4 is 58.2 Å². The quantitative estimate of drug-likeness (QED) is 0.179. The molecule has 1 aliphatic rings. The Morgan fingerprint density at radius 1 is 1.27 bits per heavy atom. The zero-order chi connectivity index (χ0) is 29.7. The third kappa shape index (κ3) is 7.11. The van der Waals surface area contributed by atoms with Crippen LogP contribution in [0.3, 0.4) is 0 Å². The summed E-state index contributed by atoms with van der Waals surface area (Å²) in [7, 11) is 3.31. The van der Waals surface area contributed by atoms with Gasteiger partial charge in [-0.2, -0.15) is 4.98 Å². The third-order valence-corrected chi connectivity index (χ3v) is 6.86. The molecule has 0 spiro atoms. The van der Waals surface area contributed by atoms with Crippen LogP contribution in [0.4, 0.5) is 38.9 Å². The minimum atomic E-state index is -1.35. The van der Waals surface area contributed by atoms with E-state index in [0.717, 1.165) is 25.2 Å². The Kier molecular flexibility index (Phi) is 9.09. The predicted molar refractivity (Wildman–Crippen MR) is 162 cm³/mol. The summed E-state index contributed by atoms with van der Waals surface area (Å²) >= 11 is 6.02. The largest absolute Gasteiger partial charge is 0.494 e. The summed E-state index contributed by atoms with van der Waals surface area (Å²) in [6, 6.07) is 7.81. The molecular weight excluding hydrogens is 549 g/mol. The Labute approximate surface area is 243 Å². The molecule has 0 aliphatic carbocycles. The van der Waals surface area contributed by atoms with Gasteiger partial charge in [-0.15, -0.1) is 0 Å². The van der Waals surface area contributed by atoms with Gasteiger partial charge in [-0.3, -0.25) is 4.79 Å². The van der Waals surface area contributed by atoms with Crippen molar-refractivity contribution in [3.05, 3.63) is 65.6 Å². The van der Waals surface area contributed by atoms with Crippen molar-refractivity contribution in [2.75, 3.05) is 48.1 Å². The predicted octanol–water partition coefficient (Wildman–Crippen LogP) is 5.64. The van der Waals surface area contributed by atoms with Crippen LogP contribution >= 0.6 is 11.6 Å². The summed E-state index contributed by atoms with van der Waals surface area (Å²) in [5.74, 6) is 0.421. The highest BCUT2D eigenvalue weighted by atomic mass is 35.5. The van der Waals surface area contributed by atoms with Crippen LogP contribution in [-0.4, -0.2) is 54.4 Å². The number of carbonyl (C=O) groups is 1. The number of carbonyl (C=O) groups excluding carboxylic acids is 1. The van der Waals surface area contributed by atoms with E-state index >= 15 is 0 Å². The number of ether oxygens (including phenoxy) is 1. The average Bonchev–Trinajstić information content (AvgIpc) is 3.39. The highest BCUT2D eigenvalue weighted by Gasteiger charge is 2.26. The number of aliphatic imine (C=N–C) groups is 1. The van der Waals surface area contributed by atoms with Crippen LogP contribution in [0.25, 0.3) is 0 Å². The maximum atomic E-state index is 14.2. The molecule has 12 heteroatoms. The molecule has 0 bridgehead atoms. The summed E-state index contributed by atoms with van der Waals surface area (Å²) in [6.45, 7) is 8.20. The van der Waals surface area contributed by atoms with E-state index in [1.54, 1.807) is 40.1 Å². The number of anilines is 6. The van der Waals surface area contributed by atoms with E-state index in [0.29, 0.717) is 40.1 Å². The molecular formula is C29H33ClFN7O3. The summed E-state index contributed by atoms with van der Waals surface area (Å²) < 4.78 is 19.8. The number of benzene rings is 2. The van der Waals surface area contributed by atoms with Crippen molar-refractivity contribution in [3.63, 3.8) is 0 Å². The van der Waals surface area contributed by atoms with Gasteiger partial charge in [-0.1, -0.05) is 18.2 Å². The Balaban J connectivity index is 1.66. The van der Waals surface area contributed by atoms with Crippen LogP contribution in [0.2, 0.25) is 5.02 Å². The Bertz CT molecular complexity index is 1480. The second-order valence-corrected chi connectivity index (χ2v) is 10.5. The second-order valence-electron chi connectivity index (χ2n) is 10.1. The molecule has 1 aliphatic heterocycles. The van der Waals surface area contributed by atoms with Gasteiger partial charge in [0.1, 0.15) is 17.4 Å². The van der Waals surface area contributed by atoms with Crippen molar-refractivity contribution < 1.29 is 19.0 Å². The second kappa shape index (κ2) is 12.5. The lowest BCUT2D eigenvalue weighted by Crippen LogP contribution is -2.22. The van der Waals surface area contributed by atoms with Crippen LogP contribution < -0.4 is 25.6 Å². The molecule has 0 saturated carbocycles. The summed E-state index contributed by atoms with van der Waals surface area (Å²) in [4.78, 5) is 27.5. The number of hydrogen-bond acceptors (Lipinski definition) is 9. The van der Waals surface area contributed by atoms with Gasteiger partial charge in [0.2, 0.25) is 11.9 Å². The summed E-state index contributed by atoms with van der Waals surface area (Å²) in [5, 5.41) is 19.6. The van der Waals surface area contributed by atoms with Gasteiger partial charge in [0.15, 0.2) is 0 Å². The van der Waals surface area contributed by atoms with Gasteiger partial charge in [0.05, 0.1) is 34.8 Å². The van der Waals surface area contributed by atoms with Gasteiger partial charge >= 0.3 is 0 Å². The SMILES string of the molecule is C=CC(=O)Nc1cc(Nc2nccc(Nc3cc(Cl)c(F)cc3C(C)(C)O)n2)c(OC)cc1N1CCC(/C=N/C)C1. The van der Waals surface area contributed by atoms with Crippen LogP contribution in [-0.2, 0) is 10.4 Å². The molecule has 1 saturated heterocycles. The van der Waals surface area contributed by atoms with Gasteiger partial charge < -0.3 is 35.7 Å². The minimum absolute atomic E-state index is 0.0990. The van der Waals surface area contributed by atoms with Gasteiger partial charge in [-0.05, 0) is 50.6 Å². The molecule has 10 nitrogen and oxygen atoms in total. The molecule has 4 rings (SSSR count). The number of amides is 1. The molecule has 3 aromatic rings. The summed E-state index contributed by atoms with van der Waals surface area (Å²) in [5.41, 5.74) is 1.24. The highest BCUT2D eigenvalue weighted by Crippen LogP contribution is 2.40. The van der Waals surface area contributed by atoms with E-state index in [2.05, 4.69) is 42.4 Å². The maximum Gasteiger partial charge on any atom is 0.247 e. The van der Waals surface area contributed by atoms with Crippen molar-refractivity contribution in [2.24, 2.45) is 10.9 Å². The molecule has 1 fully saturated rings. The lowest BCUT2D eigenvalue weighted by molar-refractivity contribution is -0.111. The molecule has 216 valence electrons. The number of nitrogens with zero attached hydrogens (tertiary/aromatic N) is 4. The topological polar surface area (TPSA) is 124 Å². The van der Waals surface area contributed by atoms with Crippen LogP contribution in [0.15, 0.2) is 54.2 Å². The standard InChI is InChI=1S/C29H33ClFN7O3/c1-6-27(39)35-22-13-23(25(41-5)14-24(22)38-10-8-17(16-38)15-32-4)36-28-33-9-7-26(37-28)34-21-12-19(30)20(31)11-18(21)29(2,3)40/h6-7,9,11-15,17,40H,1,8,10,16H2,2-5H3,(H,35,39)(H2,33,34,36,37)/b32-15+. The van der Waals surface area contributed by atoms with E-state index in [9.17, 15) is 14.3 Å². The molecule has 1 atom stereocenters. The number of aliphatic hydroxyl groups is 1. The van der Waals surface area contributed by atoms with E-state index in [-0.39, 0.29) is 16.9 Å². The van der Waals surface area contributed by atoms with Crippen LogP contribution in [0.5, 0.6) is 5.75 Å². The number of aromatic nitrogens is 2. The van der Waals surface area contributed by atoms with E-state index < -0.39 is 11.4 Å². The van der Waals surface area contributed by atoms with E-state index in [1.165, 1.54) is 24.4 Å². The first-order chi connectivity index (χ1) is 19.5. The molecule has 1 aromatic heterocycles. The Morgan fingerprint density at radius 3 is 2.73 bits per heavy atom. The van der Waals surface area contributed by atoms with E-state index in [1.807, 2.05) is 12.3 Å². The fraction of sp³-hybridized carbons (Fsp3) is 0.310. The number of methoxy groups -OCH3 is 1. The first kappa shape index (κ1) is 29.8. The molecule has 4 N–H and O–H groups in total. The van der Waals surface area contributed by atoms with Gasteiger partial charge in [0, 0.05) is 55.8 Å². The minimum Gasteiger partial charge on any atom is -0.494 e. The molecule has 1 amide bonds. The molecule has 2 aromatic carbocycles. The number of rotatable bonds is 10. The lowest BCUT2D eigenvalue weighted by Gasteiger charge is -2.24. The summed E-state index contributed by atoms with van der Waals surface area (Å²) in [6.07, 6.45) is 5.63. The van der Waals surface area contributed by atoms with Crippen molar-refractivity contribution in [1.29, 1.82) is 0 Å². The Hall–Kier alpha value is -4.22. The zero-order valence-corrected chi connectivity index (χ0v) is 24.1. The van der Waals surface area contributed by atoms with Crippen molar-refractivity contribution in [1.82, 2.24) is 9.97 Å². The first-order valence-corrected chi connectivity index (χ1v) is 13.3. The van der Waals surface area contributed by atoms with Gasteiger partial charge in [-0.25, -0.2) is 9.37 Å². The number of hydrogen-bond donors (Lipinski definition) is 4. The van der Waals surface area contributed by atoms with Crippen LogP contribution in [0, 0.1) is 11.7 Å². The fourth-order valence-electron chi connectivity index (χ4n) is 4.62.